The minimum atomic E-state index is -0.407. The molecule has 1 aliphatic rings. The quantitative estimate of drug-likeness (QED) is 0.811. The van der Waals surface area contributed by atoms with Crippen LogP contribution >= 0.6 is 0 Å². The molecule has 1 aromatic heterocycles. The molecule has 0 bridgehead atoms. The summed E-state index contributed by atoms with van der Waals surface area (Å²) in [5, 5.41) is 11.0. The van der Waals surface area contributed by atoms with E-state index in [2.05, 4.69) is 22.4 Å². The van der Waals surface area contributed by atoms with Gasteiger partial charge in [0.1, 0.15) is 0 Å². The van der Waals surface area contributed by atoms with E-state index < -0.39 is 5.41 Å². The zero-order chi connectivity index (χ0) is 14.9. The van der Waals surface area contributed by atoms with E-state index in [1.54, 1.807) is 6.20 Å². The Bertz CT molecular complexity index is 641. The lowest BCUT2D eigenvalue weighted by atomic mass is 9.70. The van der Waals surface area contributed by atoms with Crippen LogP contribution in [-0.2, 0) is 4.79 Å². The van der Waals surface area contributed by atoms with E-state index >= 15 is 0 Å². The van der Waals surface area contributed by atoms with Gasteiger partial charge in [0.05, 0.1) is 17.1 Å². The molecule has 0 aliphatic heterocycles. The summed E-state index contributed by atoms with van der Waals surface area (Å²) in [6.45, 7) is 2.66. The van der Waals surface area contributed by atoms with Gasteiger partial charge in [0.2, 0.25) is 5.91 Å². The molecule has 1 aromatic carbocycles. The average Bonchev–Trinajstić information content (AvgIpc) is 2.96. The highest BCUT2D eigenvalue weighted by Gasteiger charge is 2.39. The predicted octanol–water partition coefficient (Wildman–Crippen LogP) is 2.66. The first-order valence-electron chi connectivity index (χ1n) is 7.58. The third-order valence-corrected chi connectivity index (χ3v) is 4.80. The van der Waals surface area contributed by atoms with Gasteiger partial charge in [-0.2, -0.15) is 5.10 Å². The van der Waals surface area contributed by atoms with Gasteiger partial charge in [-0.05, 0) is 49.8 Å². The Morgan fingerprint density at radius 1 is 1.48 bits per heavy atom. The third kappa shape index (κ3) is 2.65. The standard InChI is InChI=1S/C16H22N4O/c1-11-4-6-16(10-17,7-5-11)15(21)19-13-3-2-12-9-18-20-14(12)8-13/h2-3,8-9,11H,4-7,10,17H2,1H3,(H,18,20)(H,19,21). The molecular weight excluding hydrogens is 264 g/mol. The Balaban J connectivity index is 1.77. The average molecular weight is 286 g/mol. The van der Waals surface area contributed by atoms with Crippen LogP contribution in [0.3, 0.4) is 0 Å². The van der Waals surface area contributed by atoms with Crippen molar-refractivity contribution in [1.29, 1.82) is 0 Å². The van der Waals surface area contributed by atoms with Crippen molar-refractivity contribution in [2.75, 3.05) is 11.9 Å². The van der Waals surface area contributed by atoms with Gasteiger partial charge in [-0.15, -0.1) is 0 Å². The fourth-order valence-corrected chi connectivity index (χ4v) is 3.12. The van der Waals surface area contributed by atoms with Crippen LogP contribution in [0, 0.1) is 11.3 Å². The molecule has 1 aliphatic carbocycles. The molecule has 0 unspecified atom stereocenters. The minimum Gasteiger partial charge on any atom is -0.329 e. The maximum Gasteiger partial charge on any atom is 0.231 e. The molecule has 1 amide bonds. The number of benzene rings is 1. The lowest BCUT2D eigenvalue weighted by molar-refractivity contribution is -0.127. The zero-order valence-electron chi connectivity index (χ0n) is 12.4. The number of hydrogen-bond donors (Lipinski definition) is 3. The molecule has 0 radical (unpaired) electrons. The third-order valence-electron chi connectivity index (χ3n) is 4.80. The number of H-pyrrole nitrogens is 1. The summed E-state index contributed by atoms with van der Waals surface area (Å²) in [7, 11) is 0. The first-order chi connectivity index (χ1) is 10.1. The van der Waals surface area contributed by atoms with Crippen LogP contribution in [0.4, 0.5) is 5.69 Å². The Kier molecular flexibility index (Phi) is 3.68. The maximum absolute atomic E-state index is 12.7. The van der Waals surface area contributed by atoms with Gasteiger partial charge in [-0.1, -0.05) is 6.92 Å². The smallest absolute Gasteiger partial charge is 0.231 e. The van der Waals surface area contributed by atoms with Gasteiger partial charge in [0, 0.05) is 17.6 Å². The van der Waals surface area contributed by atoms with Crippen LogP contribution in [0.15, 0.2) is 24.4 Å². The summed E-state index contributed by atoms with van der Waals surface area (Å²) < 4.78 is 0. The number of carbonyl (C=O) groups excluding carboxylic acids is 1. The monoisotopic (exact) mass is 286 g/mol. The molecule has 1 heterocycles. The van der Waals surface area contributed by atoms with Crippen LogP contribution in [0.2, 0.25) is 0 Å². The fourth-order valence-electron chi connectivity index (χ4n) is 3.12. The lowest BCUT2D eigenvalue weighted by Crippen LogP contribution is -2.44. The van der Waals surface area contributed by atoms with Crippen molar-refractivity contribution in [2.45, 2.75) is 32.6 Å². The Morgan fingerprint density at radius 3 is 2.95 bits per heavy atom. The maximum atomic E-state index is 12.7. The van der Waals surface area contributed by atoms with Crippen molar-refractivity contribution >= 4 is 22.5 Å². The Labute approximate surface area is 124 Å². The number of fused-ring (bicyclic) bond motifs is 1. The van der Waals surface area contributed by atoms with Crippen LogP contribution in [-0.4, -0.2) is 22.6 Å². The largest absolute Gasteiger partial charge is 0.329 e. The molecule has 1 saturated carbocycles. The van der Waals surface area contributed by atoms with E-state index in [0.717, 1.165) is 42.3 Å². The van der Waals surface area contributed by atoms with E-state index in [1.807, 2.05) is 18.2 Å². The van der Waals surface area contributed by atoms with Gasteiger partial charge >= 0.3 is 0 Å². The number of amides is 1. The molecule has 4 N–H and O–H groups in total. The molecule has 21 heavy (non-hydrogen) atoms. The molecule has 1 fully saturated rings. The van der Waals surface area contributed by atoms with Crippen molar-refractivity contribution < 1.29 is 4.79 Å². The number of anilines is 1. The summed E-state index contributed by atoms with van der Waals surface area (Å²) in [4.78, 5) is 12.7. The fraction of sp³-hybridized carbons (Fsp3) is 0.500. The molecule has 0 spiro atoms. The van der Waals surface area contributed by atoms with Crippen LogP contribution in [0.1, 0.15) is 32.6 Å². The van der Waals surface area contributed by atoms with Gasteiger partial charge < -0.3 is 11.1 Å². The second kappa shape index (κ2) is 5.48. The second-order valence-electron chi connectivity index (χ2n) is 6.29. The first kappa shape index (κ1) is 14.1. The van der Waals surface area contributed by atoms with Crippen molar-refractivity contribution in [3.63, 3.8) is 0 Å². The topological polar surface area (TPSA) is 83.8 Å². The second-order valence-corrected chi connectivity index (χ2v) is 6.29. The highest BCUT2D eigenvalue weighted by molar-refractivity contribution is 5.97. The summed E-state index contributed by atoms with van der Waals surface area (Å²) >= 11 is 0. The number of nitrogens with zero attached hydrogens (tertiary/aromatic N) is 1. The molecule has 0 saturated heterocycles. The van der Waals surface area contributed by atoms with E-state index in [4.69, 9.17) is 5.73 Å². The minimum absolute atomic E-state index is 0.0516. The van der Waals surface area contributed by atoms with Crippen molar-refractivity contribution in [1.82, 2.24) is 10.2 Å². The van der Waals surface area contributed by atoms with Gasteiger partial charge in [-0.3, -0.25) is 9.89 Å². The van der Waals surface area contributed by atoms with Crippen molar-refractivity contribution in [3.05, 3.63) is 24.4 Å². The lowest BCUT2D eigenvalue weighted by Gasteiger charge is -2.37. The van der Waals surface area contributed by atoms with Crippen LogP contribution in [0.5, 0.6) is 0 Å². The van der Waals surface area contributed by atoms with Gasteiger partial charge in [-0.25, -0.2) is 0 Å². The van der Waals surface area contributed by atoms with Crippen LogP contribution < -0.4 is 11.1 Å². The van der Waals surface area contributed by atoms with Crippen LogP contribution in [0.25, 0.3) is 10.9 Å². The number of rotatable bonds is 3. The number of carbonyl (C=O) groups is 1. The van der Waals surface area contributed by atoms with Crippen molar-refractivity contribution in [3.8, 4) is 0 Å². The number of aromatic nitrogens is 2. The molecule has 0 atom stereocenters. The molecule has 5 heteroatoms. The van der Waals surface area contributed by atoms with E-state index in [-0.39, 0.29) is 5.91 Å². The molecule has 5 nitrogen and oxygen atoms in total. The number of nitrogens with one attached hydrogen (secondary N) is 2. The summed E-state index contributed by atoms with van der Waals surface area (Å²) in [5.74, 6) is 0.745. The number of hydrogen-bond acceptors (Lipinski definition) is 3. The highest BCUT2D eigenvalue weighted by atomic mass is 16.2. The normalized spacial score (nSPS) is 25.9. The van der Waals surface area contributed by atoms with Gasteiger partial charge in [0.15, 0.2) is 0 Å². The SMILES string of the molecule is CC1CCC(CN)(C(=O)Nc2ccc3cn[nH]c3c2)CC1. The summed E-state index contributed by atoms with van der Waals surface area (Å²) in [6.07, 6.45) is 5.67. The Morgan fingerprint density at radius 2 is 2.24 bits per heavy atom. The van der Waals surface area contributed by atoms with E-state index in [9.17, 15) is 4.79 Å². The van der Waals surface area contributed by atoms with E-state index in [1.165, 1.54) is 0 Å². The van der Waals surface area contributed by atoms with Crippen molar-refractivity contribution in [2.24, 2.45) is 17.1 Å². The molecule has 112 valence electrons. The summed E-state index contributed by atoms with van der Waals surface area (Å²) in [5.41, 5.74) is 7.25. The van der Waals surface area contributed by atoms with E-state index in [0.29, 0.717) is 12.5 Å². The first-order valence-corrected chi connectivity index (χ1v) is 7.58. The molecule has 2 aromatic rings. The van der Waals surface area contributed by atoms with Gasteiger partial charge in [0.25, 0.3) is 0 Å². The Hall–Kier alpha value is -1.88. The molecular formula is C16H22N4O. The summed E-state index contributed by atoms with van der Waals surface area (Å²) in [6, 6.07) is 5.77. The number of nitrogens with two attached hydrogens (primary N) is 1. The highest BCUT2D eigenvalue weighted by Crippen LogP contribution is 2.39. The predicted molar refractivity (Wildman–Crippen MR) is 83.8 cm³/mol. The number of aromatic amines is 1. The zero-order valence-corrected chi connectivity index (χ0v) is 12.4. The molecule has 3 rings (SSSR count).